The van der Waals surface area contributed by atoms with Gasteiger partial charge in [-0.2, -0.15) is 0 Å². The molecule has 28 heavy (non-hydrogen) atoms. The fourth-order valence-electron chi connectivity index (χ4n) is 2.67. The van der Waals surface area contributed by atoms with Crippen molar-refractivity contribution in [1.29, 1.82) is 0 Å². The first-order chi connectivity index (χ1) is 13.0. The molecular formula is C21H31ClN2O3S. The molecule has 1 aliphatic heterocycles. The Kier molecular flexibility index (Phi) is 7.97. The lowest BCUT2D eigenvalue weighted by Gasteiger charge is -2.20. The van der Waals surface area contributed by atoms with Crippen LogP contribution in [0.25, 0.3) is 0 Å². The van der Waals surface area contributed by atoms with Gasteiger partial charge in [-0.15, -0.1) is 0 Å². The van der Waals surface area contributed by atoms with E-state index >= 15 is 0 Å². The maximum absolute atomic E-state index is 12.8. The number of methoxy groups -OCH3 is 1. The molecule has 0 radical (unpaired) electrons. The van der Waals surface area contributed by atoms with Gasteiger partial charge in [0.15, 0.2) is 0 Å². The van der Waals surface area contributed by atoms with Crippen LogP contribution in [0.1, 0.15) is 65.0 Å². The van der Waals surface area contributed by atoms with Gasteiger partial charge < -0.3 is 14.0 Å². The second-order valence-corrected chi connectivity index (χ2v) is 10.9. The second kappa shape index (κ2) is 9.61. The summed E-state index contributed by atoms with van der Waals surface area (Å²) in [7, 11) is 1.69. The summed E-state index contributed by atoms with van der Waals surface area (Å²) in [5.74, 6) is 0.586. The molecule has 0 unspecified atom stereocenters. The first-order valence-corrected chi connectivity index (χ1v) is 11.0. The van der Waals surface area contributed by atoms with Gasteiger partial charge in [-0.3, -0.25) is 0 Å². The standard InChI is InChI=1S/C21H31ClN2O3S/c1-20(2,3)28(25)24-18(9-7-8-12-26-6)17-13-15(22)10-11-16(17)19-23-21(4,5)14-27-19/h10-11,13H,7-9,12,14H2,1-6H3/b24-18+/t28-/m0/s1. The van der Waals surface area contributed by atoms with Crippen molar-refractivity contribution in [1.82, 2.24) is 0 Å². The number of aliphatic imine (C=N–C) groups is 1. The molecule has 1 atom stereocenters. The number of nitrogens with zero attached hydrogens (tertiary/aromatic N) is 2. The number of halogens is 1. The predicted molar refractivity (Wildman–Crippen MR) is 118 cm³/mol. The summed E-state index contributed by atoms with van der Waals surface area (Å²) in [4.78, 5) is 4.70. The van der Waals surface area contributed by atoms with Crippen LogP contribution in [0.15, 0.2) is 27.6 Å². The van der Waals surface area contributed by atoms with Crippen molar-refractivity contribution in [2.45, 2.75) is 64.2 Å². The minimum absolute atomic E-state index is 0.268. The van der Waals surface area contributed by atoms with E-state index in [0.29, 0.717) is 30.6 Å². The van der Waals surface area contributed by atoms with Gasteiger partial charge in [-0.25, -0.2) is 4.99 Å². The Hall–Kier alpha value is -1.08. The minimum atomic E-state index is -1.37. The van der Waals surface area contributed by atoms with E-state index in [9.17, 15) is 4.55 Å². The molecule has 0 N–H and O–H groups in total. The van der Waals surface area contributed by atoms with Gasteiger partial charge in [0.05, 0.1) is 11.3 Å². The second-order valence-electron chi connectivity index (χ2n) is 8.56. The zero-order valence-corrected chi connectivity index (χ0v) is 19.2. The van der Waals surface area contributed by atoms with E-state index in [-0.39, 0.29) is 5.54 Å². The van der Waals surface area contributed by atoms with Crippen LogP contribution in [0.3, 0.4) is 0 Å². The summed E-state index contributed by atoms with van der Waals surface area (Å²) in [6.45, 7) is 11.0. The molecule has 0 amide bonds. The van der Waals surface area contributed by atoms with Crippen molar-refractivity contribution in [3.63, 3.8) is 0 Å². The van der Waals surface area contributed by atoms with Crippen molar-refractivity contribution in [3.05, 3.63) is 34.3 Å². The van der Waals surface area contributed by atoms with E-state index in [1.807, 2.05) is 52.8 Å². The van der Waals surface area contributed by atoms with Crippen molar-refractivity contribution in [3.8, 4) is 0 Å². The zero-order chi connectivity index (χ0) is 20.9. The first kappa shape index (κ1) is 23.2. The summed E-state index contributed by atoms with van der Waals surface area (Å²) in [5.41, 5.74) is 2.17. The molecule has 7 heteroatoms. The molecule has 1 aliphatic rings. The molecule has 1 heterocycles. The summed E-state index contributed by atoms with van der Waals surface area (Å²) in [6, 6.07) is 5.59. The van der Waals surface area contributed by atoms with E-state index < -0.39 is 16.1 Å². The lowest BCUT2D eigenvalue weighted by Crippen LogP contribution is -2.27. The highest BCUT2D eigenvalue weighted by atomic mass is 35.5. The maximum atomic E-state index is 12.8. The van der Waals surface area contributed by atoms with E-state index in [2.05, 4.69) is 4.40 Å². The summed E-state index contributed by atoms with van der Waals surface area (Å²) < 4.78 is 27.9. The predicted octanol–water partition coefficient (Wildman–Crippen LogP) is 4.96. The fraction of sp³-hybridized carbons (Fsp3) is 0.619. The Balaban J connectivity index is 2.46. The van der Waals surface area contributed by atoms with Crippen LogP contribution in [0, 0.1) is 0 Å². The molecule has 1 aromatic rings. The number of unbranched alkanes of at least 4 members (excludes halogenated alkanes) is 1. The normalized spacial score (nSPS) is 18.0. The third-order valence-corrected chi connectivity index (χ3v) is 5.89. The first-order valence-electron chi connectivity index (χ1n) is 9.55. The van der Waals surface area contributed by atoms with Crippen molar-refractivity contribution < 1.29 is 14.0 Å². The minimum Gasteiger partial charge on any atom is -0.591 e. The quantitative estimate of drug-likeness (QED) is 0.335. The lowest BCUT2D eigenvalue weighted by molar-refractivity contribution is 0.193. The van der Waals surface area contributed by atoms with Crippen LogP contribution in [0.5, 0.6) is 0 Å². The fourth-order valence-corrected chi connectivity index (χ4v) is 3.51. The third kappa shape index (κ3) is 6.48. The summed E-state index contributed by atoms with van der Waals surface area (Å²) >= 11 is 4.93. The van der Waals surface area contributed by atoms with Gasteiger partial charge in [-0.1, -0.05) is 16.0 Å². The van der Waals surface area contributed by atoms with Gasteiger partial charge >= 0.3 is 0 Å². The molecule has 2 rings (SSSR count). The molecule has 0 aromatic heterocycles. The van der Waals surface area contributed by atoms with E-state index in [0.717, 1.165) is 29.7 Å². The average Bonchev–Trinajstić information content (AvgIpc) is 2.96. The van der Waals surface area contributed by atoms with Crippen LogP contribution in [-0.2, 0) is 20.8 Å². The molecule has 0 spiro atoms. The van der Waals surface area contributed by atoms with Crippen molar-refractivity contribution in [2.24, 2.45) is 9.39 Å². The summed E-state index contributed by atoms with van der Waals surface area (Å²) in [5, 5.41) is 0.600. The maximum Gasteiger partial charge on any atom is 0.217 e. The van der Waals surface area contributed by atoms with Gasteiger partial charge in [0, 0.05) is 29.9 Å². The lowest BCUT2D eigenvalue weighted by atomic mass is 9.99. The highest BCUT2D eigenvalue weighted by molar-refractivity contribution is 7.91. The van der Waals surface area contributed by atoms with Crippen LogP contribution < -0.4 is 0 Å². The molecule has 0 aliphatic carbocycles. The third-order valence-electron chi connectivity index (χ3n) is 4.22. The topological polar surface area (TPSA) is 66.2 Å². The molecular weight excluding hydrogens is 396 g/mol. The van der Waals surface area contributed by atoms with E-state index in [1.54, 1.807) is 7.11 Å². The Bertz CT molecular complexity index is 742. The number of hydrogen-bond donors (Lipinski definition) is 0. The number of benzene rings is 1. The average molecular weight is 427 g/mol. The van der Waals surface area contributed by atoms with Gasteiger partial charge in [0.25, 0.3) is 0 Å². The van der Waals surface area contributed by atoms with Crippen LogP contribution in [-0.4, -0.2) is 46.8 Å². The van der Waals surface area contributed by atoms with E-state index in [4.69, 9.17) is 26.1 Å². The molecule has 156 valence electrons. The molecule has 0 bridgehead atoms. The molecule has 0 saturated carbocycles. The highest BCUT2D eigenvalue weighted by Crippen LogP contribution is 2.27. The van der Waals surface area contributed by atoms with Crippen molar-refractivity contribution >= 4 is 34.6 Å². The Morgan fingerprint density at radius 1 is 1.36 bits per heavy atom. The number of hydrogen-bond acceptors (Lipinski definition) is 5. The van der Waals surface area contributed by atoms with Gasteiger partial charge in [0.1, 0.15) is 22.7 Å². The smallest absolute Gasteiger partial charge is 0.217 e. The molecule has 0 fully saturated rings. The van der Waals surface area contributed by atoms with Crippen LogP contribution in [0.2, 0.25) is 5.02 Å². The largest absolute Gasteiger partial charge is 0.591 e. The SMILES string of the molecule is COCCCC/C(=N\[S@@+]([O-])C(C)(C)C)c1cc(Cl)ccc1C1=NC(C)(C)CO1. The van der Waals surface area contributed by atoms with Crippen LogP contribution >= 0.6 is 11.6 Å². The number of rotatable bonds is 8. The van der Waals surface area contributed by atoms with Crippen LogP contribution in [0.4, 0.5) is 0 Å². The molecule has 0 saturated heterocycles. The number of ether oxygens (including phenoxy) is 2. The van der Waals surface area contributed by atoms with Gasteiger partial charge in [-0.05, 0) is 72.1 Å². The Morgan fingerprint density at radius 3 is 2.64 bits per heavy atom. The highest BCUT2D eigenvalue weighted by Gasteiger charge is 2.31. The van der Waals surface area contributed by atoms with E-state index in [1.165, 1.54) is 0 Å². The van der Waals surface area contributed by atoms with Gasteiger partial charge in [0.2, 0.25) is 5.90 Å². The summed E-state index contributed by atoms with van der Waals surface area (Å²) in [6.07, 6.45) is 2.45. The monoisotopic (exact) mass is 426 g/mol. The zero-order valence-electron chi connectivity index (χ0n) is 17.7. The Morgan fingerprint density at radius 2 is 2.07 bits per heavy atom. The Labute approximate surface area is 176 Å². The van der Waals surface area contributed by atoms with Crippen molar-refractivity contribution in [2.75, 3.05) is 20.3 Å². The molecule has 5 nitrogen and oxygen atoms in total. The molecule has 1 aromatic carbocycles.